The van der Waals surface area contributed by atoms with E-state index in [1.54, 1.807) is 6.92 Å². The molecule has 1 amide bonds. The van der Waals surface area contributed by atoms with Gasteiger partial charge in [0.05, 0.1) is 23.9 Å². The number of amides is 1. The Morgan fingerprint density at radius 2 is 1.92 bits per heavy atom. The number of hydrogen-bond acceptors (Lipinski definition) is 5. The molecule has 1 heterocycles. The maximum absolute atomic E-state index is 12.8. The first-order valence-corrected chi connectivity index (χ1v) is 9.12. The number of rotatable bonds is 4. The highest BCUT2D eigenvalue weighted by Crippen LogP contribution is 2.60. The molecule has 0 spiro atoms. The van der Waals surface area contributed by atoms with E-state index in [-0.39, 0.29) is 23.7 Å². The van der Waals surface area contributed by atoms with Crippen molar-refractivity contribution < 1.29 is 15.0 Å². The minimum atomic E-state index is -0.248. The third-order valence-corrected chi connectivity index (χ3v) is 6.41. The Hall–Kier alpha value is -1.95. The molecule has 5 rings (SSSR count). The highest BCUT2D eigenvalue weighted by atomic mass is 16.3. The van der Waals surface area contributed by atoms with Crippen LogP contribution in [0.1, 0.15) is 55.3 Å². The number of nitrogens with zero attached hydrogens (tertiary/aromatic N) is 2. The molecule has 4 aliphatic carbocycles. The van der Waals surface area contributed by atoms with E-state index < -0.39 is 0 Å². The summed E-state index contributed by atoms with van der Waals surface area (Å²) in [5.41, 5.74) is 3.81. The van der Waals surface area contributed by atoms with Crippen LogP contribution in [0.25, 0.3) is 0 Å². The van der Waals surface area contributed by atoms with Crippen LogP contribution >= 0.6 is 0 Å². The Morgan fingerprint density at radius 1 is 1.32 bits per heavy atom. The number of pyridine rings is 1. The van der Waals surface area contributed by atoms with Crippen molar-refractivity contribution in [3.8, 4) is 5.75 Å². The molecule has 0 aliphatic heterocycles. The molecule has 4 fully saturated rings. The molecule has 6 heteroatoms. The van der Waals surface area contributed by atoms with Crippen LogP contribution in [0.5, 0.6) is 5.75 Å². The summed E-state index contributed by atoms with van der Waals surface area (Å²) in [6.45, 7) is 1.44. The van der Waals surface area contributed by atoms with Crippen LogP contribution in [0, 0.1) is 30.1 Å². The average molecular weight is 343 g/mol. The second-order valence-corrected chi connectivity index (χ2v) is 8.19. The molecule has 1 aromatic heterocycles. The fourth-order valence-corrected chi connectivity index (χ4v) is 5.59. The lowest BCUT2D eigenvalue weighted by Crippen LogP contribution is -2.52. The van der Waals surface area contributed by atoms with Gasteiger partial charge in [-0.15, -0.1) is 0 Å². The standard InChI is InChI=1S/C19H25N3O3/c1-11-17(24)16(15(10-23)8-20-11)9-21-22-18(25)19-5-12-2-13(6-19)4-14(3-12)7-19/h8-9,12-14,23-24H,2-7,10H2,1H3,(H,22,25)/b21-9-. The van der Waals surface area contributed by atoms with Crippen molar-refractivity contribution in [1.82, 2.24) is 10.4 Å². The predicted octanol–water partition coefficient (Wildman–Crippen LogP) is 2.25. The number of carbonyl (C=O) groups is 1. The van der Waals surface area contributed by atoms with Crippen molar-refractivity contribution in [2.24, 2.45) is 28.3 Å². The highest BCUT2D eigenvalue weighted by molar-refractivity contribution is 5.88. The van der Waals surface area contributed by atoms with Crippen LogP contribution in [-0.4, -0.2) is 27.3 Å². The van der Waals surface area contributed by atoms with E-state index in [4.69, 9.17) is 0 Å². The number of hydrogen-bond donors (Lipinski definition) is 3. The minimum absolute atomic E-state index is 0.0127. The van der Waals surface area contributed by atoms with Crippen molar-refractivity contribution in [3.05, 3.63) is 23.0 Å². The molecule has 25 heavy (non-hydrogen) atoms. The number of aliphatic hydroxyl groups excluding tert-OH is 1. The third kappa shape index (κ3) is 2.82. The maximum Gasteiger partial charge on any atom is 0.246 e. The Morgan fingerprint density at radius 3 is 2.48 bits per heavy atom. The first kappa shape index (κ1) is 16.5. The van der Waals surface area contributed by atoms with Gasteiger partial charge in [-0.05, 0) is 63.2 Å². The molecule has 4 saturated carbocycles. The van der Waals surface area contributed by atoms with Crippen molar-refractivity contribution in [3.63, 3.8) is 0 Å². The highest BCUT2D eigenvalue weighted by Gasteiger charge is 2.54. The van der Waals surface area contributed by atoms with Crippen molar-refractivity contribution in [2.75, 3.05) is 0 Å². The number of hydrazone groups is 1. The maximum atomic E-state index is 12.8. The summed E-state index contributed by atoms with van der Waals surface area (Å²) in [6, 6.07) is 0. The first-order chi connectivity index (χ1) is 12.0. The lowest BCUT2D eigenvalue weighted by atomic mass is 9.49. The summed E-state index contributed by atoms with van der Waals surface area (Å²) in [6.07, 6.45) is 9.76. The monoisotopic (exact) mass is 343 g/mol. The van der Waals surface area contributed by atoms with E-state index in [2.05, 4.69) is 15.5 Å². The normalized spacial score (nSPS) is 33.1. The lowest BCUT2D eigenvalue weighted by molar-refractivity contribution is -0.146. The molecule has 6 nitrogen and oxygen atoms in total. The number of nitrogens with one attached hydrogen (secondary N) is 1. The summed E-state index contributed by atoms with van der Waals surface area (Å²) in [5.74, 6) is 2.11. The predicted molar refractivity (Wildman–Crippen MR) is 92.9 cm³/mol. The van der Waals surface area contributed by atoms with Crippen LogP contribution in [-0.2, 0) is 11.4 Å². The van der Waals surface area contributed by atoms with Gasteiger partial charge in [-0.2, -0.15) is 5.10 Å². The Labute approximate surface area is 147 Å². The molecule has 3 N–H and O–H groups in total. The van der Waals surface area contributed by atoms with Gasteiger partial charge in [-0.25, -0.2) is 5.43 Å². The van der Waals surface area contributed by atoms with Gasteiger partial charge in [0.15, 0.2) is 0 Å². The summed E-state index contributed by atoms with van der Waals surface area (Å²) in [5, 5.41) is 23.6. The van der Waals surface area contributed by atoms with Crippen molar-refractivity contribution >= 4 is 12.1 Å². The van der Waals surface area contributed by atoms with E-state index in [0.29, 0.717) is 34.6 Å². The third-order valence-electron chi connectivity index (χ3n) is 6.41. The molecule has 4 aliphatic rings. The van der Waals surface area contributed by atoms with Gasteiger partial charge in [0.1, 0.15) is 5.75 Å². The van der Waals surface area contributed by atoms with Gasteiger partial charge in [-0.1, -0.05) is 0 Å². The van der Waals surface area contributed by atoms with Crippen LogP contribution < -0.4 is 5.43 Å². The summed E-state index contributed by atoms with van der Waals surface area (Å²) in [4.78, 5) is 16.9. The Balaban J connectivity index is 1.50. The van der Waals surface area contributed by atoms with E-state index in [1.807, 2.05) is 0 Å². The van der Waals surface area contributed by atoms with Crippen LogP contribution in [0.2, 0.25) is 0 Å². The van der Waals surface area contributed by atoms with Crippen LogP contribution in [0.4, 0.5) is 0 Å². The first-order valence-electron chi connectivity index (χ1n) is 9.12. The molecular weight excluding hydrogens is 318 g/mol. The molecule has 0 unspecified atom stereocenters. The molecule has 4 bridgehead atoms. The zero-order chi connectivity index (χ0) is 17.6. The fraction of sp³-hybridized carbons (Fsp3) is 0.632. The zero-order valence-corrected chi connectivity index (χ0v) is 14.5. The number of aromatic hydroxyl groups is 1. The van der Waals surface area contributed by atoms with Gasteiger partial charge < -0.3 is 10.2 Å². The number of aryl methyl sites for hydroxylation is 1. The molecule has 0 saturated heterocycles. The minimum Gasteiger partial charge on any atom is -0.505 e. The summed E-state index contributed by atoms with van der Waals surface area (Å²) >= 11 is 0. The Kier molecular flexibility index (Phi) is 4.02. The number of aliphatic hydroxyl groups is 1. The SMILES string of the molecule is Cc1ncc(CO)c(/C=N\NC(=O)C23CC4CC(CC(C4)C2)C3)c1O. The summed E-state index contributed by atoms with van der Waals surface area (Å²) in [7, 11) is 0. The molecule has 0 aromatic carbocycles. The topological polar surface area (TPSA) is 94.8 Å². The van der Waals surface area contributed by atoms with Gasteiger partial charge in [0.2, 0.25) is 5.91 Å². The van der Waals surface area contributed by atoms with Crippen molar-refractivity contribution in [1.29, 1.82) is 0 Å². The molecular formula is C19H25N3O3. The molecule has 134 valence electrons. The second kappa shape index (κ2) is 6.09. The van der Waals surface area contributed by atoms with Crippen LogP contribution in [0.3, 0.4) is 0 Å². The quantitative estimate of drug-likeness (QED) is 0.577. The van der Waals surface area contributed by atoms with Gasteiger partial charge >= 0.3 is 0 Å². The van der Waals surface area contributed by atoms with E-state index in [9.17, 15) is 15.0 Å². The molecule has 0 atom stereocenters. The lowest BCUT2D eigenvalue weighted by Gasteiger charge is -2.55. The van der Waals surface area contributed by atoms with Crippen molar-refractivity contribution in [2.45, 2.75) is 52.1 Å². The van der Waals surface area contributed by atoms with Gasteiger partial charge in [-0.3, -0.25) is 9.78 Å². The van der Waals surface area contributed by atoms with Gasteiger partial charge in [0.25, 0.3) is 0 Å². The second-order valence-electron chi connectivity index (χ2n) is 8.19. The number of aromatic nitrogens is 1. The van der Waals surface area contributed by atoms with Gasteiger partial charge in [0, 0.05) is 17.3 Å². The number of carbonyl (C=O) groups excluding carboxylic acids is 1. The largest absolute Gasteiger partial charge is 0.505 e. The fourth-order valence-electron chi connectivity index (χ4n) is 5.59. The van der Waals surface area contributed by atoms with E-state index in [0.717, 1.165) is 19.3 Å². The molecule has 0 radical (unpaired) electrons. The Bertz CT molecular complexity index is 694. The van der Waals surface area contributed by atoms with E-state index >= 15 is 0 Å². The average Bonchev–Trinajstić information content (AvgIpc) is 2.57. The van der Waals surface area contributed by atoms with Crippen LogP contribution in [0.15, 0.2) is 11.3 Å². The summed E-state index contributed by atoms with van der Waals surface area (Å²) < 4.78 is 0. The zero-order valence-electron chi connectivity index (χ0n) is 14.5. The molecule has 1 aromatic rings. The van der Waals surface area contributed by atoms with E-state index in [1.165, 1.54) is 31.7 Å². The smallest absolute Gasteiger partial charge is 0.246 e.